The van der Waals surface area contributed by atoms with Crippen LogP contribution in [0, 0.1) is 0 Å². The highest BCUT2D eigenvalue weighted by atomic mass is 15.2. The van der Waals surface area contributed by atoms with Crippen LogP contribution < -0.4 is 10.2 Å². The fourth-order valence-corrected chi connectivity index (χ4v) is 2.92. The number of likely N-dealkylation sites (tertiary alicyclic amines) is 1. The summed E-state index contributed by atoms with van der Waals surface area (Å²) in [6, 6.07) is 9.48. The first kappa shape index (κ1) is 15.3. The molecule has 1 atom stereocenters. The van der Waals surface area contributed by atoms with Crippen molar-refractivity contribution in [1.82, 2.24) is 10.2 Å². The van der Waals surface area contributed by atoms with Crippen molar-refractivity contribution in [3.8, 4) is 0 Å². The van der Waals surface area contributed by atoms with Gasteiger partial charge in [0, 0.05) is 44.5 Å². The molecule has 3 nitrogen and oxygen atoms in total. The molecule has 1 aliphatic heterocycles. The van der Waals surface area contributed by atoms with E-state index in [0.717, 1.165) is 0 Å². The smallest absolute Gasteiger partial charge is 0.0361 e. The largest absolute Gasteiger partial charge is 0.378 e. The predicted molar refractivity (Wildman–Crippen MR) is 87.5 cm³/mol. The Hall–Kier alpha value is -1.06. The molecule has 1 fully saturated rings. The number of hydrogen-bond donors (Lipinski definition) is 1. The van der Waals surface area contributed by atoms with Crippen LogP contribution in [-0.2, 0) is 0 Å². The van der Waals surface area contributed by atoms with Gasteiger partial charge >= 0.3 is 0 Å². The van der Waals surface area contributed by atoms with Crippen LogP contribution in [0.15, 0.2) is 24.3 Å². The van der Waals surface area contributed by atoms with Gasteiger partial charge in [0.1, 0.15) is 0 Å². The lowest BCUT2D eigenvalue weighted by atomic mass is 9.88. The quantitative estimate of drug-likeness (QED) is 0.911. The summed E-state index contributed by atoms with van der Waals surface area (Å²) in [5.41, 5.74) is 3.01. The Kier molecular flexibility index (Phi) is 4.71. The summed E-state index contributed by atoms with van der Waals surface area (Å²) in [5, 5.41) is 3.47. The van der Waals surface area contributed by atoms with Crippen molar-refractivity contribution >= 4 is 5.69 Å². The Morgan fingerprint density at radius 2 is 1.70 bits per heavy atom. The number of hydrogen-bond acceptors (Lipinski definition) is 3. The fourth-order valence-electron chi connectivity index (χ4n) is 2.92. The van der Waals surface area contributed by atoms with Crippen molar-refractivity contribution < 1.29 is 0 Å². The van der Waals surface area contributed by atoms with Gasteiger partial charge in [0.15, 0.2) is 0 Å². The third kappa shape index (κ3) is 3.33. The van der Waals surface area contributed by atoms with Gasteiger partial charge in [0.25, 0.3) is 0 Å². The second-order valence-corrected chi connectivity index (χ2v) is 6.51. The maximum Gasteiger partial charge on any atom is 0.0361 e. The first-order valence-electron chi connectivity index (χ1n) is 7.65. The maximum absolute atomic E-state index is 3.47. The molecule has 1 aliphatic rings. The topological polar surface area (TPSA) is 18.5 Å². The number of piperidine rings is 1. The lowest BCUT2D eigenvalue weighted by Crippen LogP contribution is -2.50. The number of benzene rings is 1. The molecule has 1 aromatic carbocycles. The monoisotopic (exact) mass is 275 g/mol. The van der Waals surface area contributed by atoms with E-state index >= 15 is 0 Å². The molecule has 3 heteroatoms. The molecule has 0 radical (unpaired) electrons. The van der Waals surface area contributed by atoms with Gasteiger partial charge < -0.3 is 10.2 Å². The van der Waals surface area contributed by atoms with E-state index in [1.807, 2.05) is 0 Å². The molecule has 1 unspecified atom stereocenters. The van der Waals surface area contributed by atoms with E-state index in [1.165, 1.54) is 37.2 Å². The second-order valence-electron chi connectivity index (χ2n) is 6.51. The van der Waals surface area contributed by atoms with Crippen LogP contribution in [0.2, 0.25) is 0 Å². The standard InChI is InChI=1S/C17H29N3/c1-14(15-6-8-16(9-7-15)19(4)5)20-12-10-17(2,18-3)11-13-20/h6-9,14,18H,10-13H2,1-5H3. The Morgan fingerprint density at radius 3 is 2.15 bits per heavy atom. The Bertz CT molecular complexity index is 416. The zero-order valence-electron chi connectivity index (χ0n) is 13.6. The van der Waals surface area contributed by atoms with Crippen LogP contribution in [0.3, 0.4) is 0 Å². The molecule has 2 rings (SSSR count). The summed E-state index contributed by atoms with van der Waals surface area (Å²) < 4.78 is 0. The molecule has 1 heterocycles. The van der Waals surface area contributed by atoms with Crippen molar-refractivity contribution in [3.63, 3.8) is 0 Å². The molecule has 112 valence electrons. The Labute approximate surface area is 124 Å². The SMILES string of the molecule is CNC1(C)CCN(C(C)c2ccc(N(C)C)cc2)CC1. The van der Waals surface area contributed by atoms with Crippen LogP contribution in [0.4, 0.5) is 5.69 Å². The molecule has 20 heavy (non-hydrogen) atoms. The lowest BCUT2D eigenvalue weighted by molar-refractivity contribution is 0.117. The lowest BCUT2D eigenvalue weighted by Gasteiger charge is -2.42. The summed E-state index contributed by atoms with van der Waals surface area (Å²) in [6.07, 6.45) is 2.45. The minimum absolute atomic E-state index is 0.324. The van der Waals surface area contributed by atoms with Gasteiger partial charge in [0.05, 0.1) is 0 Å². The number of rotatable bonds is 4. The third-order valence-electron chi connectivity index (χ3n) is 4.94. The molecular formula is C17H29N3. The first-order valence-corrected chi connectivity index (χ1v) is 7.65. The molecular weight excluding hydrogens is 246 g/mol. The molecule has 0 bridgehead atoms. The van der Waals surface area contributed by atoms with Gasteiger partial charge in [-0.1, -0.05) is 12.1 Å². The van der Waals surface area contributed by atoms with Crippen molar-refractivity contribution in [2.24, 2.45) is 0 Å². The first-order chi connectivity index (χ1) is 9.45. The van der Waals surface area contributed by atoms with Crippen molar-refractivity contribution in [3.05, 3.63) is 29.8 Å². The summed E-state index contributed by atoms with van der Waals surface area (Å²) in [6.45, 7) is 7.01. The van der Waals surface area contributed by atoms with E-state index in [2.05, 4.69) is 74.4 Å². The molecule has 0 saturated carbocycles. The van der Waals surface area contributed by atoms with Gasteiger partial charge in [0.2, 0.25) is 0 Å². The van der Waals surface area contributed by atoms with E-state index < -0.39 is 0 Å². The van der Waals surface area contributed by atoms with Crippen molar-refractivity contribution in [1.29, 1.82) is 0 Å². The van der Waals surface area contributed by atoms with E-state index in [9.17, 15) is 0 Å². The predicted octanol–water partition coefficient (Wildman–Crippen LogP) is 2.89. The molecule has 0 amide bonds. The number of anilines is 1. The highest BCUT2D eigenvalue weighted by molar-refractivity contribution is 5.46. The van der Waals surface area contributed by atoms with Crippen molar-refractivity contribution in [2.45, 2.75) is 38.3 Å². The molecule has 1 aromatic rings. The summed E-state index contributed by atoms with van der Waals surface area (Å²) in [4.78, 5) is 4.75. The van der Waals surface area contributed by atoms with E-state index in [4.69, 9.17) is 0 Å². The Balaban J connectivity index is 2.00. The molecule has 0 spiro atoms. The zero-order valence-corrected chi connectivity index (χ0v) is 13.6. The fraction of sp³-hybridized carbons (Fsp3) is 0.647. The molecule has 1 saturated heterocycles. The van der Waals surface area contributed by atoms with Gasteiger partial charge in [-0.15, -0.1) is 0 Å². The maximum atomic E-state index is 3.47. The zero-order chi connectivity index (χ0) is 14.8. The van der Waals surface area contributed by atoms with E-state index in [0.29, 0.717) is 11.6 Å². The average Bonchev–Trinajstić information content (AvgIpc) is 2.47. The molecule has 1 N–H and O–H groups in total. The number of nitrogens with zero attached hydrogens (tertiary/aromatic N) is 2. The van der Waals surface area contributed by atoms with Crippen LogP contribution in [-0.4, -0.2) is 44.7 Å². The summed E-state index contributed by atoms with van der Waals surface area (Å²) in [7, 11) is 6.25. The van der Waals surface area contributed by atoms with Gasteiger partial charge in [-0.25, -0.2) is 0 Å². The minimum Gasteiger partial charge on any atom is -0.378 e. The highest BCUT2D eigenvalue weighted by Crippen LogP contribution is 2.29. The molecule has 0 aromatic heterocycles. The molecule has 0 aliphatic carbocycles. The minimum atomic E-state index is 0.324. The number of nitrogens with one attached hydrogen (secondary N) is 1. The van der Waals surface area contributed by atoms with E-state index in [-0.39, 0.29) is 0 Å². The average molecular weight is 275 g/mol. The van der Waals surface area contributed by atoms with Crippen LogP contribution in [0.1, 0.15) is 38.3 Å². The van der Waals surface area contributed by atoms with Crippen LogP contribution in [0.5, 0.6) is 0 Å². The second kappa shape index (κ2) is 6.15. The highest BCUT2D eigenvalue weighted by Gasteiger charge is 2.30. The van der Waals surface area contributed by atoms with Gasteiger partial charge in [-0.05, 0) is 51.4 Å². The van der Waals surface area contributed by atoms with E-state index in [1.54, 1.807) is 0 Å². The van der Waals surface area contributed by atoms with Gasteiger partial charge in [-0.3, -0.25) is 4.90 Å². The van der Waals surface area contributed by atoms with Crippen LogP contribution >= 0.6 is 0 Å². The normalized spacial score (nSPS) is 20.6. The summed E-state index contributed by atoms with van der Waals surface area (Å²) >= 11 is 0. The summed E-state index contributed by atoms with van der Waals surface area (Å²) in [5.74, 6) is 0. The van der Waals surface area contributed by atoms with Crippen molar-refractivity contribution in [2.75, 3.05) is 39.1 Å². The Morgan fingerprint density at radius 1 is 1.15 bits per heavy atom. The van der Waals surface area contributed by atoms with Crippen LogP contribution in [0.25, 0.3) is 0 Å². The van der Waals surface area contributed by atoms with Gasteiger partial charge in [-0.2, -0.15) is 0 Å². The third-order valence-corrected chi connectivity index (χ3v) is 4.94.